The molecular weight excluding hydrogens is 431 g/mol. The first-order chi connectivity index (χ1) is 16.0. The second-order valence-corrected chi connectivity index (χ2v) is 8.23. The zero-order valence-electron chi connectivity index (χ0n) is 18.8. The Labute approximate surface area is 191 Å². The average molecular weight is 458 g/mol. The molecule has 0 unspecified atom stereocenters. The number of carbonyl (C=O) groups excluding carboxylic acids is 2. The summed E-state index contributed by atoms with van der Waals surface area (Å²) in [6.07, 6.45) is 2.35. The van der Waals surface area contributed by atoms with E-state index < -0.39 is 12.1 Å². The van der Waals surface area contributed by atoms with Gasteiger partial charge >= 0.3 is 11.9 Å². The number of fused-ring (bicyclic) bond motifs is 1. The Morgan fingerprint density at radius 1 is 1.09 bits per heavy atom. The van der Waals surface area contributed by atoms with Crippen molar-refractivity contribution < 1.29 is 37.7 Å². The lowest BCUT2D eigenvalue weighted by Crippen LogP contribution is -2.44. The number of esters is 2. The summed E-state index contributed by atoms with van der Waals surface area (Å²) in [5.41, 5.74) is 2.13. The van der Waals surface area contributed by atoms with E-state index in [1.54, 1.807) is 12.1 Å². The summed E-state index contributed by atoms with van der Waals surface area (Å²) in [6, 6.07) is 9.07. The second-order valence-electron chi connectivity index (χ2n) is 8.23. The van der Waals surface area contributed by atoms with Crippen molar-refractivity contribution in [3.05, 3.63) is 41.5 Å². The number of benzene rings is 2. The molecule has 2 aliphatic rings. The topological polar surface area (TPSA) is 80.3 Å². The summed E-state index contributed by atoms with van der Waals surface area (Å²) in [6.45, 7) is -0.150. The highest BCUT2D eigenvalue weighted by atomic mass is 19.1. The van der Waals surface area contributed by atoms with Gasteiger partial charge < -0.3 is 23.7 Å². The number of alkyl halides is 1. The predicted octanol–water partition coefficient (Wildman–Crippen LogP) is 4.49. The van der Waals surface area contributed by atoms with Gasteiger partial charge in [-0.2, -0.15) is 0 Å². The largest absolute Gasteiger partial charge is 0.493 e. The molecule has 1 aliphatic heterocycles. The third-order valence-corrected chi connectivity index (χ3v) is 6.24. The first kappa shape index (κ1) is 22.9. The number of hydrogen-bond acceptors (Lipinski definition) is 7. The van der Waals surface area contributed by atoms with E-state index in [0.29, 0.717) is 35.7 Å². The molecule has 0 spiro atoms. The molecule has 1 heterocycles. The van der Waals surface area contributed by atoms with E-state index >= 15 is 0 Å². The van der Waals surface area contributed by atoms with Gasteiger partial charge in [-0.05, 0) is 42.7 Å². The highest BCUT2D eigenvalue weighted by molar-refractivity contribution is 5.94. The van der Waals surface area contributed by atoms with Crippen LogP contribution in [-0.2, 0) is 20.9 Å². The lowest BCUT2D eigenvalue weighted by molar-refractivity contribution is -0.164. The van der Waals surface area contributed by atoms with Crippen molar-refractivity contribution in [1.29, 1.82) is 0 Å². The van der Waals surface area contributed by atoms with Crippen molar-refractivity contribution in [2.75, 3.05) is 34.1 Å². The molecule has 0 saturated heterocycles. The molecule has 8 heteroatoms. The Bertz CT molecular complexity index is 1050. The van der Waals surface area contributed by atoms with E-state index in [0.717, 1.165) is 23.1 Å². The number of cyclic esters (lactones) is 1. The minimum Gasteiger partial charge on any atom is -0.493 e. The summed E-state index contributed by atoms with van der Waals surface area (Å²) in [5.74, 6) is 0.634. The molecule has 0 aromatic heterocycles. The minimum absolute atomic E-state index is 0.0563. The molecular formula is C25H27FO7. The molecule has 2 aromatic rings. The van der Waals surface area contributed by atoms with Crippen molar-refractivity contribution in [3.8, 4) is 28.4 Å². The number of carbonyl (C=O) groups is 2. The van der Waals surface area contributed by atoms with Crippen LogP contribution >= 0.6 is 0 Å². The lowest BCUT2D eigenvalue weighted by Gasteiger charge is -2.39. The van der Waals surface area contributed by atoms with Gasteiger partial charge in [0.1, 0.15) is 18.6 Å². The Kier molecular flexibility index (Phi) is 6.72. The van der Waals surface area contributed by atoms with Gasteiger partial charge in [-0.25, -0.2) is 4.79 Å². The average Bonchev–Trinajstić information content (AvgIpc) is 3.17. The van der Waals surface area contributed by atoms with Crippen LogP contribution in [0, 0.1) is 5.41 Å². The summed E-state index contributed by atoms with van der Waals surface area (Å²) in [5, 5.41) is 0. The molecule has 0 amide bonds. The summed E-state index contributed by atoms with van der Waals surface area (Å²) in [4.78, 5) is 24.5. The normalized spacial score (nSPS) is 15.8. The van der Waals surface area contributed by atoms with Crippen molar-refractivity contribution >= 4 is 11.9 Å². The molecule has 0 bridgehead atoms. The van der Waals surface area contributed by atoms with Crippen molar-refractivity contribution in [3.63, 3.8) is 0 Å². The maximum atomic E-state index is 12.7. The summed E-state index contributed by atoms with van der Waals surface area (Å²) < 4.78 is 40.1. The van der Waals surface area contributed by atoms with Crippen molar-refractivity contribution in [2.45, 2.75) is 32.3 Å². The van der Waals surface area contributed by atoms with Crippen LogP contribution in [0.4, 0.5) is 4.39 Å². The molecule has 1 fully saturated rings. The molecule has 176 valence electrons. The van der Waals surface area contributed by atoms with Crippen LogP contribution < -0.4 is 14.2 Å². The Morgan fingerprint density at radius 3 is 2.55 bits per heavy atom. The van der Waals surface area contributed by atoms with Gasteiger partial charge in [0.25, 0.3) is 0 Å². The molecule has 0 N–H and O–H groups in total. The number of halogens is 1. The van der Waals surface area contributed by atoms with Gasteiger partial charge in [-0.15, -0.1) is 0 Å². The standard InChI is InChI=1S/C25H27FO7/c1-29-20-8-7-18(16-5-6-19-17(13-16)14-32-23(19)27)21(22(20)30-2)33-15-25(9-3-10-25)24(28)31-12-4-11-26/h5-8,13H,3-4,9-12,14-15H2,1-2H3. The number of rotatable bonds is 10. The fraction of sp³-hybridized carbons (Fsp3) is 0.440. The van der Waals surface area contributed by atoms with Crippen LogP contribution in [0.5, 0.6) is 17.2 Å². The highest BCUT2D eigenvalue weighted by Crippen LogP contribution is 2.48. The van der Waals surface area contributed by atoms with Crippen molar-refractivity contribution in [2.24, 2.45) is 5.41 Å². The number of hydrogen-bond donors (Lipinski definition) is 0. The SMILES string of the molecule is COc1ccc(-c2ccc3c(c2)COC3=O)c(OCC2(C(=O)OCCCF)CCC2)c1OC. The third kappa shape index (κ3) is 4.34. The van der Waals surface area contributed by atoms with E-state index in [1.165, 1.54) is 14.2 Å². The predicted molar refractivity (Wildman–Crippen MR) is 117 cm³/mol. The van der Waals surface area contributed by atoms with E-state index in [1.807, 2.05) is 18.2 Å². The van der Waals surface area contributed by atoms with Crippen molar-refractivity contribution in [1.82, 2.24) is 0 Å². The first-order valence-corrected chi connectivity index (χ1v) is 10.9. The minimum atomic E-state index is -0.764. The molecule has 4 rings (SSSR count). The van der Waals surface area contributed by atoms with Crippen LogP contribution in [0.25, 0.3) is 11.1 Å². The summed E-state index contributed by atoms with van der Waals surface area (Å²) >= 11 is 0. The zero-order chi connectivity index (χ0) is 23.4. The number of methoxy groups -OCH3 is 2. The monoisotopic (exact) mass is 458 g/mol. The van der Waals surface area contributed by atoms with E-state index in [-0.39, 0.29) is 38.2 Å². The maximum Gasteiger partial charge on any atom is 0.338 e. The van der Waals surface area contributed by atoms with Crippen LogP contribution in [-0.4, -0.2) is 46.0 Å². The Hall–Kier alpha value is -3.29. The van der Waals surface area contributed by atoms with E-state index in [4.69, 9.17) is 23.7 Å². The van der Waals surface area contributed by atoms with Crippen LogP contribution in [0.1, 0.15) is 41.6 Å². The number of ether oxygens (including phenoxy) is 5. The molecule has 1 aliphatic carbocycles. The van der Waals surface area contributed by atoms with Gasteiger partial charge in [-0.1, -0.05) is 12.5 Å². The smallest absolute Gasteiger partial charge is 0.338 e. The fourth-order valence-corrected chi connectivity index (χ4v) is 4.16. The highest BCUT2D eigenvalue weighted by Gasteiger charge is 2.47. The molecule has 7 nitrogen and oxygen atoms in total. The summed E-state index contributed by atoms with van der Waals surface area (Å²) in [7, 11) is 3.06. The molecule has 1 saturated carbocycles. The quantitative estimate of drug-likeness (QED) is 0.383. The van der Waals surface area contributed by atoms with Gasteiger partial charge in [0, 0.05) is 17.5 Å². The maximum absolute atomic E-state index is 12.7. The fourth-order valence-electron chi connectivity index (χ4n) is 4.16. The molecule has 33 heavy (non-hydrogen) atoms. The lowest BCUT2D eigenvalue weighted by atomic mass is 9.69. The van der Waals surface area contributed by atoms with E-state index in [9.17, 15) is 14.0 Å². The molecule has 0 atom stereocenters. The first-order valence-electron chi connectivity index (χ1n) is 10.9. The zero-order valence-corrected chi connectivity index (χ0v) is 18.8. The Balaban J connectivity index is 1.65. The third-order valence-electron chi connectivity index (χ3n) is 6.24. The molecule has 2 aromatic carbocycles. The van der Waals surface area contributed by atoms with Gasteiger partial charge in [-0.3, -0.25) is 9.18 Å². The van der Waals surface area contributed by atoms with Gasteiger partial charge in [0.2, 0.25) is 5.75 Å². The second kappa shape index (κ2) is 9.68. The molecule has 0 radical (unpaired) electrons. The van der Waals surface area contributed by atoms with Gasteiger partial charge in [0.05, 0.1) is 33.1 Å². The van der Waals surface area contributed by atoms with Crippen LogP contribution in [0.3, 0.4) is 0 Å². The Morgan fingerprint density at radius 2 is 1.88 bits per heavy atom. The van der Waals surface area contributed by atoms with E-state index in [2.05, 4.69) is 0 Å². The van der Waals surface area contributed by atoms with Crippen LogP contribution in [0.15, 0.2) is 30.3 Å². The van der Waals surface area contributed by atoms with Gasteiger partial charge in [0.15, 0.2) is 11.5 Å². The van der Waals surface area contributed by atoms with Crippen LogP contribution in [0.2, 0.25) is 0 Å².